The first kappa shape index (κ1) is 25.8. The van der Waals surface area contributed by atoms with Crippen LogP contribution in [0.4, 0.5) is 5.69 Å². The van der Waals surface area contributed by atoms with E-state index in [1.165, 1.54) is 0 Å². The van der Waals surface area contributed by atoms with Crippen molar-refractivity contribution in [2.45, 2.75) is 32.0 Å². The molecule has 1 fully saturated rings. The van der Waals surface area contributed by atoms with Gasteiger partial charge in [-0.05, 0) is 17.7 Å². The molecule has 1 aromatic rings. The Bertz CT molecular complexity index is 875. The van der Waals surface area contributed by atoms with Gasteiger partial charge in [-0.15, -0.1) is 0 Å². The zero-order valence-corrected chi connectivity index (χ0v) is 18.7. The molecule has 2 atom stereocenters. The van der Waals surface area contributed by atoms with Crippen molar-refractivity contribution < 1.29 is 38.6 Å². The number of ether oxygens (including phenoxy) is 2. The number of carboxylic acid groups (broad SMARTS) is 1. The van der Waals surface area contributed by atoms with Gasteiger partial charge in [0, 0.05) is 45.7 Å². The molecule has 2 amide bonds. The summed E-state index contributed by atoms with van der Waals surface area (Å²) in [6.45, 7) is 2.51. The van der Waals surface area contributed by atoms with Crippen LogP contribution in [-0.4, -0.2) is 97.0 Å². The minimum atomic E-state index is -1.58. The Morgan fingerprint density at radius 2 is 2.03 bits per heavy atom. The smallest absolute Gasteiger partial charge is 0.347 e. The van der Waals surface area contributed by atoms with Crippen LogP contribution >= 0.6 is 0 Å². The average molecular weight is 463 g/mol. The number of esters is 1. The number of carbonyl (C=O) groups is 5. The lowest BCUT2D eigenvalue weighted by Crippen LogP contribution is -2.51. The Hall–Kier alpha value is -3.47. The topological polar surface area (TPSA) is 143 Å². The first-order valence-corrected chi connectivity index (χ1v) is 10.5. The molecule has 180 valence electrons. The second kappa shape index (κ2) is 12.5. The molecule has 2 N–H and O–H groups in total. The summed E-state index contributed by atoms with van der Waals surface area (Å²) in [6.07, 6.45) is -2.26. The summed E-state index contributed by atoms with van der Waals surface area (Å²) in [5.74, 6) is -2.40. The van der Waals surface area contributed by atoms with Crippen molar-refractivity contribution >= 4 is 35.7 Å². The fourth-order valence-electron chi connectivity index (χ4n) is 3.29. The number of hydrogen-bond acceptors (Lipinski definition) is 8. The molecule has 11 nitrogen and oxygen atoms in total. The molecule has 1 unspecified atom stereocenters. The fraction of sp³-hybridized carbons (Fsp3) is 0.500. The maximum atomic E-state index is 12.5. The van der Waals surface area contributed by atoms with Gasteiger partial charge in [0.1, 0.15) is 12.4 Å². The van der Waals surface area contributed by atoms with Gasteiger partial charge < -0.3 is 34.5 Å². The minimum absolute atomic E-state index is 0.0517. The Labute approximate surface area is 191 Å². The van der Waals surface area contributed by atoms with Crippen molar-refractivity contribution in [2.24, 2.45) is 0 Å². The largest absolute Gasteiger partial charge is 0.478 e. The number of anilines is 1. The van der Waals surface area contributed by atoms with Gasteiger partial charge in [-0.2, -0.15) is 0 Å². The van der Waals surface area contributed by atoms with Crippen LogP contribution in [0.3, 0.4) is 0 Å². The van der Waals surface area contributed by atoms with E-state index in [9.17, 15) is 29.1 Å². The normalized spacial score (nSPS) is 15.5. The van der Waals surface area contributed by atoms with Gasteiger partial charge in [-0.25, -0.2) is 4.79 Å². The summed E-state index contributed by atoms with van der Waals surface area (Å²) in [5, 5.41) is 12.3. The molecule has 1 saturated heterocycles. The second-order valence-electron chi connectivity index (χ2n) is 7.61. The van der Waals surface area contributed by atoms with E-state index in [0.717, 1.165) is 18.2 Å². The van der Waals surface area contributed by atoms with E-state index in [0.29, 0.717) is 19.4 Å². The van der Waals surface area contributed by atoms with Crippen LogP contribution in [0.1, 0.15) is 18.9 Å². The summed E-state index contributed by atoms with van der Waals surface area (Å²) in [6, 6.07) is 7.21. The molecule has 33 heavy (non-hydrogen) atoms. The molecule has 0 spiro atoms. The molecule has 0 radical (unpaired) electrons. The molecule has 2 rings (SSSR count). The molecule has 0 aromatic heterocycles. The van der Waals surface area contributed by atoms with Crippen molar-refractivity contribution in [1.82, 2.24) is 9.80 Å². The number of benzene rings is 1. The lowest BCUT2D eigenvalue weighted by molar-refractivity contribution is -0.173. The molecular weight excluding hydrogens is 434 g/mol. The van der Waals surface area contributed by atoms with Gasteiger partial charge >= 0.3 is 11.9 Å². The number of carbonyl (C=O) groups excluding carboxylic acids is 4. The number of rotatable bonds is 12. The first-order chi connectivity index (χ1) is 15.7. The van der Waals surface area contributed by atoms with E-state index in [-0.39, 0.29) is 44.4 Å². The number of aldehydes is 1. The van der Waals surface area contributed by atoms with Crippen LogP contribution in [0.25, 0.3) is 0 Å². The van der Waals surface area contributed by atoms with Gasteiger partial charge in [0.05, 0.1) is 19.6 Å². The summed E-state index contributed by atoms with van der Waals surface area (Å²) in [4.78, 5) is 60.8. The van der Waals surface area contributed by atoms with Gasteiger partial charge in [0.15, 0.2) is 0 Å². The molecule has 1 aromatic carbocycles. The Morgan fingerprint density at radius 3 is 2.67 bits per heavy atom. The fourth-order valence-corrected chi connectivity index (χ4v) is 3.29. The van der Waals surface area contributed by atoms with E-state index in [2.05, 4.69) is 5.32 Å². The summed E-state index contributed by atoms with van der Waals surface area (Å²) in [5.41, 5.74) is 1.50. The number of likely N-dealkylation sites (N-methyl/N-ethyl adjacent to an activating group) is 1. The van der Waals surface area contributed by atoms with Crippen LogP contribution in [0, 0.1) is 0 Å². The second-order valence-corrected chi connectivity index (χ2v) is 7.61. The van der Waals surface area contributed by atoms with Gasteiger partial charge in [0.25, 0.3) is 0 Å². The maximum Gasteiger partial charge on any atom is 0.347 e. The highest BCUT2D eigenvalue weighted by atomic mass is 16.6. The molecule has 11 heteroatoms. The number of amides is 2. The number of aliphatic carboxylic acids is 1. The van der Waals surface area contributed by atoms with Crippen LogP contribution < -0.4 is 5.32 Å². The van der Waals surface area contributed by atoms with Crippen molar-refractivity contribution in [3.63, 3.8) is 0 Å². The third kappa shape index (κ3) is 8.19. The van der Waals surface area contributed by atoms with E-state index < -0.39 is 24.1 Å². The van der Waals surface area contributed by atoms with Crippen LogP contribution in [0.15, 0.2) is 24.3 Å². The third-order valence-electron chi connectivity index (χ3n) is 5.06. The van der Waals surface area contributed by atoms with Gasteiger partial charge in [-0.3, -0.25) is 14.4 Å². The van der Waals surface area contributed by atoms with E-state index in [4.69, 9.17) is 9.47 Å². The quantitative estimate of drug-likeness (QED) is 0.247. The highest BCUT2D eigenvalue weighted by Crippen LogP contribution is 2.14. The van der Waals surface area contributed by atoms with Crippen molar-refractivity contribution in [3.05, 3.63) is 29.8 Å². The van der Waals surface area contributed by atoms with Crippen LogP contribution in [-0.2, 0) is 39.9 Å². The summed E-state index contributed by atoms with van der Waals surface area (Å²) < 4.78 is 10.2. The number of piperazine rings is 1. The minimum Gasteiger partial charge on any atom is -0.478 e. The van der Waals surface area contributed by atoms with Crippen molar-refractivity contribution in [3.8, 4) is 0 Å². The Morgan fingerprint density at radius 1 is 1.27 bits per heavy atom. The standard InChI is InChI=1S/C22H29N3O8/c1-15(27)33-21(22(30)31)18(6-10-26)32-11-7-23-17-5-3-4-16(12-17)13-19(28)25-9-8-24(2)20(29)14-25/h3-5,10,12,18,21,23H,6-9,11,13-14H2,1-2H3,(H,30,31)/t18-,21?/m0/s1. The molecular formula is C22H29N3O8. The molecule has 0 aliphatic carbocycles. The lowest BCUT2D eigenvalue weighted by atomic mass is 10.1. The van der Waals surface area contributed by atoms with E-state index in [1.54, 1.807) is 35.0 Å². The van der Waals surface area contributed by atoms with Crippen LogP contribution in [0.2, 0.25) is 0 Å². The average Bonchev–Trinajstić information content (AvgIpc) is 2.76. The number of nitrogens with one attached hydrogen (secondary N) is 1. The van der Waals surface area contributed by atoms with Gasteiger partial charge in [0.2, 0.25) is 17.9 Å². The first-order valence-electron chi connectivity index (χ1n) is 10.5. The predicted octanol–water partition coefficient (Wildman–Crippen LogP) is -0.0679. The van der Waals surface area contributed by atoms with E-state index in [1.807, 2.05) is 6.07 Å². The molecule has 1 aliphatic heterocycles. The zero-order valence-electron chi connectivity index (χ0n) is 18.7. The maximum absolute atomic E-state index is 12.5. The molecule has 0 bridgehead atoms. The van der Waals surface area contributed by atoms with Crippen molar-refractivity contribution in [2.75, 3.05) is 45.2 Å². The summed E-state index contributed by atoms with van der Waals surface area (Å²) in [7, 11) is 1.71. The molecule has 0 saturated carbocycles. The highest BCUT2D eigenvalue weighted by molar-refractivity contribution is 5.87. The molecule has 1 heterocycles. The monoisotopic (exact) mass is 463 g/mol. The van der Waals surface area contributed by atoms with Crippen LogP contribution in [0.5, 0.6) is 0 Å². The third-order valence-corrected chi connectivity index (χ3v) is 5.06. The summed E-state index contributed by atoms with van der Waals surface area (Å²) >= 11 is 0. The number of nitrogens with zero attached hydrogens (tertiary/aromatic N) is 2. The zero-order chi connectivity index (χ0) is 24.4. The van der Waals surface area contributed by atoms with Crippen molar-refractivity contribution in [1.29, 1.82) is 0 Å². The SMILES string of the molecule is CC(=O)OC(C(=O)O)[C@H](CC=O)OCCNc1cccc(CC(=O)N2CCN(C)C(=O)C2)c1. The lowest BCUT2D eigenvalue weighted by Gasteiger charge is -2.32. The number of hydrogen-bond donors (Lipinski definition) is 2. The van der Waals surface area contributed by atoms with E-state index >= 15 is 0 Å². The molecule has 1 aliphatic rings. The Kier molecular flexibility index (Phi) is 9.80. The predicted molar refractivity (Wildman–Crippen MR) is 116 cm³/mol. The Balaban J connectivity index is 1.86. The number of carboxylic acids is 1. The van der Waals surface area contributed by atoms with Gasteiger partial charge in [-0.1, -0.05) is 12.1 Å². The highest BCUT2D eigenvalue weighted by Gasteiger charge is 2.31.